The lowest BCUT2D eigenvalue weighted by atomic mass is 10.2. The molecule has 0 bridgehead atoms. The van der Waals surface area contributed by atoms with E-state index < -0.39 is 0 Å². The molecule has 1 heterocycles. The number of thiophene rings is 1. The molecule has 1 aromatic rings. The molecule has 0 aromatic carbocycles. The van der Waals surface area contributed by atoms with Crippen molar-refractivity contribution in [2.75, 3.05) is 19.7 Å². The van der Waals surface area contributed by atoms with E-state index in [9.17, 15) is 0 Å². The summed E-state index contributed by atoms with van der Waals surface area (Å²) >= 11 is 1.84. The Morgan fingerprint density at radius 1 is 1.16 bits per heavy atom. The molecule has 0 amide bonds. The Balaban J connectivity index is 2.38. The number of aryl methyl sites for hydroxylation is 2. The molecule has 0 aliphatic heterocycles. The fourth-order valence-electron chi connectivity index (χ4n) is 2.38. The maximum atomic E-state index is 5.98. The van der Waals surface area contributed by atoms with Crippen molar-refractivity contribution in [1.29, 1.82) is 0 Å². The first-order valence-corrected chi connectivity index (χ1v) is 8.26. The molecule has 2 nitrogen and oxygen atoms in total. The number of hydrogen-bond acceptors (Lipinski definition) is 3. The predicted octanol–water partition coefficient (Wildman–Crippen LogP) is 4.56. The molecule has 0 fully saturated rings. The first-order chi connectivity index (χ1) is 9.01. The lowest BCUT2D eigenvalue weighted by molar-refractivity contribution is 0.192. The van der Waals surface area contributed by atoms with Gasteiger partial charge in [0.05, 0.1) is 6.61 Å². The van der Waals surface area contributed by atoms with Crippen LogP contribution in [0, 0.1) is 20.8 Å². The lowest BCUT2D eigenvalue weighted by Gasteiger charge is -2.26. The van der Waals surface area contributed by atoms with Crippen LogP contribution in [0.4, 0.5) is 0 Å². The van der Waals surface area contributed by atoms with Gasteiger partial charge in [-0.25, -0.2) is 0 Å². The van der Waals surface area contributed by atoms with Crippen molar-refractivity contribution in [2.45, 2.75) is 60.4 Å². The summed E-state index contributed by atoms with van der Waals surface area (Å²) in [4.78, 5) is 5.22. The largest absolute Gasteiger partial charge is 0.492 e. The van der Waals surface area contributed by atoms with Gasteiger partial charge in [-0.15, -0.1) is 11.3 Å². The molecule has 0 aliphatic rings. The molecule has 1 unspecified atom stereocenters. The van der Waals surface area contributed by atoms with Crippen molar-refractivity contribution in [2.24, 2.45) is 0 Å². The highest BCUT2D eigenvalue weighted by atomic mass is 32.1. The van der Waals surface area contributed by atoms with Crippen LogP contribution >= 0.6 is 11.3 Å². The van der Waals surface area contributed by atoms with Gasteiger partial charge in [-0.3, -0.25) is 0 Å². The average molecular weight is 283 g/mol. The predicted molar refractivity (Wildman–Crippen MR) is 85.6 cm³/mol. The zero-order valence-corrected chi connectivity index (χ0v) is 14.2. The second-order valence-electron chi connectivity index (χ2n) is 5.26. The third kappa shape index (κ3) is 4.50. The van der Waals surface area contributed by atoms with Gasteiger partial charge in [0, 0.05) is 27.9 Å². The Morgan fingerprint density at radius 3 is 2.32 bits per heavy atom. The number of ether oxygens (including phenoxy) is 1. The SMILES string of the molecule is CCC(C)N(CC)CCCOc1c(C)sc(C)c1C. The molecule has 0 radical (unpaired) electrons. The number of nitrogens with zero attached hydrogens (tertiary/aromatic N) is 1. The van der Waals surface area contributed by atoms with Crippen molar-refractivity contribution >= 4 is 11.3 Å². The summed E-state index contributed by atoms with van der Waals surface area (Å²) in [6.07, 6.45) is 2.32. The minimum atomic E-state index is 0.678. The second kappa shape index (κ2) is 7.91. The van der Waals surface area contributed by atoms with Gasteiger partial charge in [0.25, 0.3) is 0 Å². The van der Waals surface area contributed by atoms with E-state index in [2.05, 4.69) is 46.4 Å². The van der Waals surface area contributed by atoms with Crippen LogP contribution in [0.25, 0.3) is 0 Å². The first-order valence-electron chi connectivity index (χ1n) is 7.44. The molecule has 1 rings (SSSR count). The zero-order chi connectivity index (χ0) is 14.4. The van der Waals surface area contributed by atoms with E-state index in [1.54, 1.807) is 0 Å². The molecule has 110 valence electrons. The molecule has 0 spiro atoms. The van der Waals surface area contributed by atoms with Crippen molar-refractivity contribution < 1.29 is 4.74 Å². The molecule has 1 aromatic heterocycles. The Labute approximate surface area is 122 Å². The first kappa shape index (κ1) is 16.5. The van der Waals surface area contributed by atoms with E-state index >= 15 is 0 Å². The smallest absolute Gasteiger partial charge is 0.136 e. The average Bonchev–Trinajstić information content (AvgIpc) is 2.64. The van der Waals surface area contributed by atoms with E-state index in [4.69, 9.17) is 4.74 Å². The Bertz CT molecular complexity index is 386. The van der Waals surface area contributed by atoms with Gasteiger partial charge in [0.15, 0.2) is 0 Å². The van der Waals surface area contributed by atoms with Crippen molar-refractivity contribution in [3.8, 4) is 5.75 Å². The van der Waals surface area contributed by atoms with Crippen LogP contribution in [-0.4, -0.2) is 30.6 Å². The van der Waals surface area contributed by atoms with E-state index in [1.165, 1.54) is 21.7 Å². The lowest BCUT2D eigenvalue weighted by Crippen LogP contribution is -2.33. The minimum absolute atomic E-state index is 0.678. The third-order valence-corrected chi connectivity index (χ3v) is 5.06. The molecular formula is C16H29NOS. The minimum Gasteiger partial charge on any atom is -0.492 e. The molecule has 0 saturated carbocycles. The molecule has 1 atom stereocenters. The Hall–Kier alpha value is -0.540. The van der Waals surface area contributed by atoms with Crippen LogP contribution in [-0.2, 0) is 0 Å². The molecule has 0 saturated heterocycles. The topological polar surface area (TPSA) is 12.5 Å². The normalized spacial score (nSPS) is 13.0. The highest BCUT2D eigenvalue weighted by Gasteiger charge is 2.12. The molecule has 3 heteroatoms. The summed E-state index contributed by atoms with van der Waals surface area (Å²) < 4.78 is 5.98. The molecular weight excluding hydrogens is 254 g/mol. The maximum Gasteiger partial charge on any atom is 0.136 e. The summed E-state index contributed by atoms with van der Waals surface area (Å²) in [5.74, 6) is 1.12. The van der Waals surface area contributed by atoms with Gasteiger partial charge in [0.2, 0.25) is 0 Å². The van der Waals surface area contributed by atoms with Gasteiger partial charge in [-0.1, -0.05) is 13.8 Å². The second-order valence-corrected chi connectivity index (χ2v) is 6.69. The standard InChI is InChI=1S/C16H29NOS/c1-7-12(3)17(8-2)10-9-11-18-16-13(4)14(5)19-15(16)6/h12H,7-11H2,1-6H3. The molecule has 19 heavy (non-hydrogen) atoms. The fraction of sp³-hybridized carbons (Fsp3) is 0.750. The van der Waals surface area contributed by atoms with Crippen LogP contribution < -0.4 is 4.74 Å². The van der Waals surface area contributed by atoms with Gasteiger partial charge in [-0.05, 0) is 47.1 Å². The van der Waals surface area contributed by atoms with Crippen molar-refractivity contribution in [1.82, 2.24) is 4.90 Å². The van der Waals surface area contributed by atoms with E-state index in [1.807, 2.05) is 11.3 Å². The van der Waals surface area contributed by atoms with Gasteiger partial charge in [0.1, 0.15) is 5.75 Å². The molecule has 0 N–H and O–H groups in total. The summed E-state index contributed by atoms with van der Waals surface area (Å²) in [6, 6.07) is 0.678. The van der Waals surface area contributed by atoms with Crippen molar-refractivity contribution in [3.63, 3.8) is 0 Å². The number of rotatable bonds is 8. The van der Waals surface area contributed by atoms with Crippen LogP contribution in [0.5, 0.6) is 5.75 Å². The van der Waals surface area contributed by atoms with Crippen LogP contribution in [0.15, 0.2) is 0 Å². The summed E-state index contributed by atoms with van der Waals surface area (Å²) in [7, 11) is 0. The summed E-state index contributed by atoms with van der Waals surface area (Å²) in [5, 5.41) is 0. The summed E-state index contributed by atoms with van der Waals surface area (Å²) in [6.45, 7) is 16.4. The van der Waals surface area contributed by atoms with E-state index in [-0.39, 0.29) is 0 Å². The molecule has 0 aliphatic carbocycles. The third-order valence-electron chi connectivity index (χ3n) is 3.95. The van der Waals surface area contributed by atoms with Crippen molar-refractivity contribution in [3.05, 3.63) is 15.3 Å². The van der Waals surface area contributed by atoms with Crippen LogP contribution in [0.2, 0.25) is 0 Å². The quantitative estimate of drug-likeness (QED) is 0.648. The van der Waals surface area contributed by atoms with Crippen LogP contribution in [0.1, 0.15) is 48.9 Å². The number of hydrogen-bond donors (Lipinski definition) is 0. The Morgan fingerprint density at radius 2 is 1.84 bits per heavy atom. The van der Waals surface area contributed by atoms with Crippen LogP contribution in [0.3, 0.4) is 0 Å². The summed E-state index contributed by atoms with van der Waals surface area (Å²) in [5.41, 5.74) is 1.32. The monoisotopic (exact) mass is 283 g/mol. The highest BCUT2D eigenvalue weighted by molar-refractivity contribution is 7.12. The van der Waals surface area contributed by atoms with E-state index in [0.29, 0.717) is 6.04 Å². The van der Waals surface area contributed by atoms with Gasteiger partial charge < -0.3 is 9.64 Å². The zero-order valence-electron chi connectivity index (χ0n) is 13.4. The van der Waals surface area contributed by atoms with Gasteiger partial charge >= 0.3 is 0 Å². The highest BCUT2D eigenvalue weighted by Crippen LogP contribution is 2.33. The fourth-order valence-corrected chi connectivity index (χ4v) is 3.39. The van der Waals surface area contributed by atoms with Gasteiger partial charge in [-0.2, -0.15) is 0 Å². The Kier molecular flexibility index (Phi) is 6.87. The maximum absolute atomic E-state index is 5.98. The van der Waals surface area contributed by atoms with E-state index in [0.717, 1.165) is 31.9 Å².